The Balaban J connectivity index is 4.54. The molecule has 17 heavy (non-hydrogen) atoms. The molecule has 0 saturated heterocycles. The lowest BCUT2D eigenvalue weighted by Crippen LogP contribution is -2.51. The highest BCUT2D eigenvalue weighted by Crippen LogP contribution is 2.14. The van der Waals surface area contributed by atoms with Gasteiger partial charge in [0.25, 0.3) is 0 Å². The number of rotatable bonds is 8. The first-order valence-electron chi connectivity index (χ1n) is 6.52. The van der Waals surface area contributed by atoms with Gasteiger partial charge in [-0.15, -0.1) is 0 Å². The van der Waals surface area contributed by atoms with E-state index >= 15 is 0 Å². The number of carbonyl (C=O) groups excluding carboxylic acids is 2. The first-order valence-corrected chi connectivity index (χ1v) is 6.52. The van der Waals surface area contributed by atoms with E-state index in [2.05, 4.69) is 10.6 Å². The van der Waals surface area contributed by atoms with Crippen LogP contribution < -0.4 is 10.6 Å². The van der Waals surface area contributed by atoms with E-state index in [-0.39, 0.29) is 29.7 Å². The number of hydrogen-bond donors (Lipinski definition) is 2. The minimum atomic E-state index is -0.349. The Morgan fingerprint density at radius 3 is 2.00 bits per heavy atom. The van der Waals surface area contributed by atoms with Crippen molar-refractivity contribution in [2.75, 3.05) is 6.54 Å². The van der Waals surface area contributed by atoms with Crippen molar-refractivity contribution in [3.05, 3.63) is 0 Å². The topological polar surface area (TPSA) is 58.2 Å². The van der Waals surface area contributed by atoms with Gasteiger partial charge < -0.3 is 10.6 Å². The number of ketones is 1. The Labute approximate surface area is 105 Å². The highest BCUT2D eigenvalue weighted by atomic mass is 16.2. The van der Waals surface area contributed by atoms with E-state index < -0.39 is 0 Å². The van der Waals surface area contributed by atoms with E-state index in [1.807, 2.05) is 27.7 Å². The van der Waals surface area contributed by atoms with Gasteiger partial charge in [-0.05, 0) is 26.3 Å². The first-order chi connectivity index (χ1) is 7.97. The van der Waals surface area contributed by atoms with Crippen molar-refractivity contribution in [3.8, 4) is 0 Å². The van der Waals surface area contributed by atoms with E-state index in [9.17, 15) is 9.59 Å². The van der Waals surface area contributed by atoms with Crippen LogP contribution in [0.25, 0.3) is 0 Å². The van der Waals surface area contributed by atoms with Crippen LogP contribution in [-0.2, 0) is 9.59 Å². The van der Waals surface area contributed by atoms with Crippen molar-refractivity contribution in [1.82, 2.24) is 10.6 Å². The fraction of sp³-hybridized carbons (Fsp3) is 0.846. The van der Waals surface area contributed by atoms with Crippen LogP contribution in [0, 0.1) is 5.92 Å². The van der Waals surface area contributed by atoms with Crippen LogP contribution in [0.1, 0.15) is 47.5 Å². The largest absolute Gasteiger partial charge is 0.345 e. The molecule has 0 bridgehead atoms. The lowest BCUT2D eigenvalue weighted by molar-refractivity contribution is -0.129. The standard InChI is InChI=1S/C13H26N2O2/c1-6-11(7-2)12(10(5)16)15-13(17)9(4)14-8-3/h9,11-12,14H,6-8H2,1-5H3,(H,15,17)/t9-,12?/m0/s1. The fourth-order valence-corrected chi connectivity index (χ4v) is 1.99. The Morgan fingerprint density at radius 1 is 1.12 bits per heavy atom. The van der Waals surface area contributed by atoms with Crippen LogP contribution in [0.3, 0.4) is 0 Å². The van der Waals surface area contributed by atoms with Gasteiger partial charge in [-0.25, -0.2) is 0 Å². The van der Waals surface area contributed by atoms with Gasteiger partial charge >= 0.3 is 0 Å². The predicted octanol–water partition coefficient (Wildman–Crippen LogP) is 1.49. The fourth-order valence-electron chi connectivity index (χ4n) is 1.99. The summed E-state index contributed by atoms with van der Waals surface area (Å²) in [5, 5.41) is 5.89. The molecule has 0 aromatic carbocycles. The maximum absolute atomic E-state index is 11.9. The number of likely N-dealkylation sites (N-methyl/N-ethyl adjacent to an activating group) is 1. The number of hydrogen-bond acceptors (Lipinski definition) is 3. The summed E-state index contributed by atoms with van der Waals surface area (Å²) in [5.74, 6) is 0.167. The lowest BCUT2D eigenvalue weighted by Gasteiger charge is -2.25. The second-order valence-corrected chi connectivity index (χ2v) is 4.45. The van der Waals surface area contributed by atoms with E-state index in [0.717, 1.165) is 19.4 Å². The van der Waals surface area contributed by atoms with E-state index in [1.165, 1.54) is 0 Å². The number of Topliss-reactive ketones (excluding diaryl/α,β-unsaturated/α-hetero) is 1. The molecule has 1 unspecified atom stereocenters. The molecule has 0 spiro atoms. The second-order valence-electron chi connectivity index (χ2n) is 4.45. The van der Waals surface area contributed by atoms with Gasteiger partial charge in [0.05, 0.1) is 12.1 Å². The van der Waals surface area contributed by atoms with Crippen LogP contribution in [-0.4, -0.2) is 30.3 Å². The summed E-state index contributed by atoms with van der Waals surface area (Å²) in [5.41, 5.74) is 0. The molecule has 2 atom stereocenters. The van der Waals surface area contributed by atoms with Crippen molar-refractivity contribution in [3.63, 3.8) is 0 Å². The van der Waals surface area contributed by atoms with Crippen molar-refractivity contribution in [2.45, 2.75) is 59.5 Å². The average Bonchev–Trinajstić information content (AvgIpc) is 2.29. The molecule has 0 radical (unpaired) electrons. The highest BCUT2D eigenvalue weighted by Gasteiger charge is 2.26. The third-order valence-electron chi connectivity index (χ3n) is 3.16. The van der Waals surface area contributed by atoms with Gasteiger partial charge in [0.2, 0.25) is 5.91 Å². The average molecular weight is 242 g/mol. The van der Waals surface area contributed by atoms with Crippen molar-refractivity contribution < 1.29 is 9.59 Å². The van der Waals surface area contributed by atoms with Gasteiger partial charge in [0, 0.05) is 0 Å². The van der Waals surface area contributed by atoms with Crippen molar-refractivity contribution in [1.29, 1.82) is 0 Å². The van der Waals surface area contributed by atoms with Crippen LogP contribution >= 0.6 is 0 Å². The monoisotopic (exact) mass is 242 g/mol. The minimum absolute atomic E-state index is 0.0377. The van der Waals surface area contributed by atoms with Crippen LogP contribution in [0.2, 0.25) is 0 Å². The summed E-state index contributed by atoms with van der Waals surface area (Å²) in [4.78, 5) is 23.4. The third-order valence-corrected chi connectivity index (χ3v) is 3.16. The summed E-state index contributed by atoms with van der Waals surface area (Å²) in [6.45, 7) is 10.1. The molecule has 0 aliphatic rings. The van der Waals surface area contributed by atoms with Crippen LogP contribution in [0.4, 0.5) is 0 Å². The molecule has 2 N–H and O–H groups in total. The molecule has 0 aromatic rings. The molecule has 4 heteroatoms. The Morgan fingerprint density at radius 2 is 1.65 bits per heavy atom. The van der Waals surface area contributed by atoms with Gasteiger partial charge in [-0.3, -0.25) is 9.59 Å². The normalized spacial score (nSPS) is 14.5. The quantitative estimate of drug-likeness (QED) is 0.678. The molecule has 0 aliphatic heterocycles. The number of amides is 1. The molecular weight excluding hydrogens is 216 g/mol. The summed E-state index contributed by atoms with van der Waals surface area (Å²) in [7, 11) is 0. The maximum Gasteiger partial charge on any atom is 0.237 e. The van der Waals surface area contributed by atoms with Crippen molar-refractivity contribution in [2.24, 2.45) is 5.92 Å². The number of nitrogens with one attached hydrogen (secondary N) is 2. The molecular formula is C13H26N2O2. The summed E-state index contributed by atoms with van der Waals surface area (Å²) in [6, 6.07) is -0.602. The summed E-state index contributed by atoms with van der Waals surface area (Å²) >= 11 is 0. The van der Waals surface area contributed by atoms with E-state index in [1.54, 1.807) is 6.92 Å². The van der Waals surface area contributed by atoms with E-state index in [0.29, 0.717) is 0 Å². The number of carbonyl (C=O) groups is 2. The Kier molecular flexibility index (Phi) is 7.79. The Hall–Kier alpha value is -0.900. The maximum atomic E-state index is 11.9. The lowest BCUT2D eigenvalue weighted by atomic mass is 9.91. The zero-order valence-corrected chi connectivity index (χ0v) is 11.7. The molecule has 0 saturated carbocycles. The molecule has 1 amide bonds. The highest BCUT2D eigenvalue weighted by molar-refractivity contribution is 5.89. The molecule has 0 heterocycles. The molecule has 4 nitrogen and oxygen atoms in total. The molecule has 0 rings (SSSR count). The zero-order valence-electron chi connectivity index (χ0n) is 11.7. The SMILES string of the molecule is CCN[C@@H](C)C(=O)NC(C(C)=O)C(CC)CC. The van der Waals surface area contributed by atoms with Crippen LogP contribution in [0.15, 0.2) is 0 Å². The van der Waals surface area contributed by atoms with Crippen LogP contribution in [0.5, 0.6) is 0 Å². The van der Waals surface area contributed by atoms with Gasteiger partial charge in [0.15, 0.2) is 5.78 Å². The molecule has 100 valence electrons. The smallest absolute Gasteiger partial charge is 0.237 e. The summed E-state index contributed by atoms with van der Waals surface area (Å²) < 4.78 is 0. The second kappa shape index (κ2) is 8.23. The zero-order chi connectivity index (χ0) is 13.4. The molecule has 0 aromatic heterocycles. The summed E-state index contributed by atoms with van der Waals surface area (Å²) in [6.07, 6.45) is 1.80. The molecule has 0 aliphatic carbocycles. The minimum Gasteiger partial charge on any atom is -0.345 e. The van der Waals surface area contributed by atoms with Gasteiger partial charge in [0.1, 0.15) is 0 Å². The molecule has 0 fully saturated rings. The van der Waals surface area contributed by atoms with Crippen molar-refractivity contribution >= 4 is 11.7 Å². The third kappa shape index (κ3) is 5.31. The first kappa shape index (κ1) is 16.1. The van der Waals surface area contributed by atoms with Gasteiger partial charge in [-0.1, -0.05) is 33.6 Å². The van der Waals surface area contributed by atoms with Gasteiger partial charge in [-0.2, -0.15) is 0 Å². The Bertz CT molecular complexity index is 250. The van der Waals surface area contributed by atoms with E-state index in [4.69, 9.17) is 0 Å². The predicted molar refractivity (Wildman–Crippen MR) is 69.8 cm³/mol.